The molecule has 0 aliphatic heterocycles. The van der Waals surface area contributed by atoms with Crippen molar-refractivity contribution in [3.63, 3.8) is 0 Å². The number of carbonyl (C=O) groups is 1. The summed E-state index contributed by atoms with van der Waals surface area (Å²) < 4.78 is 102. The minimum atomic E-state index is -5.13. The first-order valence-electron chi connectivity index (χ1n) is 14.3. The summed E-state index contributed by atoms with van der Waals surface area (Å²) in [7, 11) is 0.985. The minimum Gasteiger partial charge on any atom is -0.467 e. The Hall–Kier alpha value is -3.93. The van der Waals surface area contributed by atoms with Crippen LogP contribution in [0, 0.1) is 11.2 Å². The molecule has 5 rings (SSSR count). The van der Waals surface area contributed by atoms with Crippen LogP contribution in [0.2, 0.25) is 5.02 Å². The van der Waals surface area contributed by atoms with Crippen LogP contribution in [-0.2, 0) is 22.1 Å². The van der Waals surface area contributed by atoms with Crippen molar-refractivity contribution in [2.24, 2.45) is 5.41 Å². The molecule has 244 valence electrons. The summed E-state index contributed by atoms with van der Waals surface area (Å²) in [6.45, 7) is 1.17. The van der Waals surface area contributed by atoms with E-state index in [1.54, 1.807) is 24.3 Å². The SMILES string of the molecule is COC(=O)[C@@H](Cc1ccc(-c2ccc(F)c(Cl)c2)cc1)n1c(C(F)(F)F)nc2ccc(C3CCC(C)(C(F)(F)F)CC3)cc2c1=O. The van der Waals surface area contributed by atoms with E-state index < -0.39 is 47.0 Å². The van der Waals surface area contributed by atoms with Gasteiger partial charge in [-0.3, -0.25) is 9.36 Å². The zero-order valence-corrected chi connectivity index (χ0v) is 25.4. The van der Waals surface area contributed by atoms with Gasteiger partial charge in [0, 0.05) is 6.42 Å². The quantitative estimate of drug-likeness (QED) is 0.152. The van der Waals surface area contributed by atoms with Crippen molar-refractivity contribution in [2.45, 2.75) is 63.3 Å². The number of methoxy groups -OCH3 is 1. The number of ether oxygens (including phenoxy) is 1. The molecule has 3 aromatic carbocycles. The molecule has 1 atom stereocenters. The molecule has 0 spiro atoms. The lowest BCUT2D eigenvalue weighted by molar-refractivity contribution is -0.228. The van der Waals surface area contributed by atoms with E-state index in [1.807, 2.05) is 0 Å². The number of nitrogens with zero attached hydrogens (tertiary/aromatic N) is 2. The molecule has 0 saturated heterocycles. The first-order valence-corrected chi connectivity index (χ1v) is 14.7. The highest BCUT2D eigenvalue weighted by molar-refractivity contribution is 6.31. The number of hydrogen-bond acceptors (Lipinski definition) is 4. The van der Waals surface area contributed by atoms with Crippen LogP contribution in [0.15, 0.2) is 65.5 Å². The molecule has 1 saturated carbocycles. The van der Waals surface area contributed by atoms with Gasteiger partial charge in [0.1, 0.15) is 11.9 Å². The normalized spacial score (nSPS) is 19.7. The number of benzene rings is 3. The van der Waals surface area contributed by atoms with Gasteiger partial charge < -0.3 is 4.74 Å². The van der Waals surface area contributed by atoms with E-state index in [4.69, 9.17) is 16.3 Å². The molecule has 5 nitrogen and oxygen atoms in total. The van der Waals surface area contributed by atoms with Crippen molar-refractivity contribution in [3.8, 4) is 11.1 Å². The van der Waals surface area contributed by atoms with Gasteiger partial charge in [-0.1, -0.05) is 54.9 Å². The maximum absolute atomic E-state index is 14.4. The van der Waals surface area contributed by atoms with Crippen LogP contribution in [0.4, 0.5) is 30.7 Å². The average molecular weight is 669 g/mol. The molecular formula is C33H28ClF7N2O3. The Labute approximate surface area is 264 Å². The summed E-state index contributed by atoms with van der Waals surface area (Å²) in [4.78, 5) is 30.6. The van der Waals surface area contributed by atoms with Crippen LogP contribution in [0.25, 0.3) is 22.0 Å². The van der Waals surface area contributed by atoms with E-state index in [9.17, 15) is 40.3 Å². The largest absolute Gasteiger partial charge is 0.467 e. The molecule has 4 aromatic rings. The van der Waals surface area contributed by atoms with Gasteiger partial charge in [0.05, 0.1) is 28.5 Å². The van der Waals surface area contributed by atoms with Gasteiger partial charge in [-0.25, -0.2) is 14.2 Å². The Morgan fingerprint density at radius 1 is 1.00 bits per heavy atom. The number of halogens is 8. The third-order valence-corrected chi connectivity index (χ3v) is 9.13. The molecule has 0 N–H and O–H groups in total. The standard InChI is InChI=1S/C33H28ClF7N2O3/c1-31(33(39,40)41)13-11-20(12-14-31)21-8-10-26-23(16-21)28(44)43(30(42-26)32(36,37)38)27(29(45)46-2)15-18-3-5-19(6-4-18)22-7-9-25(35)24(34)17-22/h3-10,16-17,20,27H,11-15H2,1-2H3/t20?,27-,31?/m1/s1. The van der Waals surface area contributed by atoms with E-state index in [2.05, 4.69) is 4.98 Å². The van der Waals surface area contributed by atoms with Gasteiger partial charge in [0.2, 0.25) is 5.82 Å². The van der Waals surface area contributed by atoms with Crippen molar-refractivity contribution < 1.29 is 40.3 Å². The maximum Gasteiger partial charge on any atom is 0.449 e. The first-order chi connectivity index (χ1) is 21.5. The van der Waals surface area contributed by atoms with Crippen LogP contribution in [0.3, 0.4) is 0 Å². The average Bonchev–Trinajstić information content (AvgIpc) is 3.00. The zero-order chi connectivity index (χ0) is 33.6. The summed E-state index contributed by atoms with van der Waals surface area (Å²) in [5.41, 5.74) is -1.15. The van der Waals surface area contributed by atoms with Crippen LogP contribution in [0.1, 0.15) is 61.5 Å². The van der Waals surface area contributed by atoms with Crippen molar-refractivity contribution in [1.29, 1.82) is 0 Å². The van der Waals surface area contributed by atoms with Crippen LogP contribution >= 0.6 is 11.6 Å². The predicted octanol–water partition coefficient (Wildman–Crippen LogP) is 9.06. The minimum absolute atomic E-state index is 0.0957. The van der Waals surface area contributed by atoms with E-state index in [0.29, 0.717) is 22.3 Å². The Bertz CT molecular complexity index is 1830. The number of fused-ring (bicyclic) bond motifs is 1. The maximum atomic E-state index is 14.4. The molecular weight excluding hydrogens is 641 g/mol. The molecule has 0 unspecified atom stereocenters. The van der Waals surface area contributed by atoms with Gasteiger partial charge >= 0.3 is 18.3 Å². The van der Waals surface area contributed by atoms with E-state index >= 15 is 0 Å². The van der Waals surface area contributed by atoms with Crippen molar-refractivity contribution in [1.82, 2.24) is 9.55 Å². The Morgan fingerprint density at radius 3 is 2.20 bits per heavy atom. The highest BCUT2D eigenvalue weighted by atomic mass is 35.5. The number of alkyl halides is 6. The number of aromatic nitrogens is 2. The van der Waals surface area contributed by atoms with Crippen LogP contribution in [0.5, 0.6) is 0 Å². The molecule has 46 heavy (non-hydrogen) atoms. The third-order valence-electron chi connectivity index (χ3n) is 8.84. The molecule has 0 amide bonds. The second-order valence-corrected chi connectivity index (χ2v) is 12.2. The number of carbonyl (C=O) groups excluding carboxylic acids is 1. The smallest absolute Gasteiger partial charge is 0.449 e. The fourth-order valence-corrected chi connectivity index (χ4v) is 6.16. The Morgan fingerprint density at radius 2 is 1.63 bits per heavy atom. The molecule has 1 aromatic heterocycles. The highest BCUT2D eigenvalue weighted by Gasteiger charge is 2.52. The Balaban J connectivity index is 1.54. The van der Waals surface area contributed by atoms with Crippen molar-refractivity contribution >= 4 is 28.5 Å². The second-order valence-electron chi connectivity index (χ2n) is 11.8. The predicted molar refractivity (Wildman–Crippen MR) is 158 cm³/mol. The lowest BCUT2D eigenvalue weighted by Gasteiger charge is -2.38. The van der Waals surface area contributed by atoms with Crippen molar-refractivity contribution in [3.05, 3.63) is 98.8 Å². The van der Waals surface area contributed by atoms with Gasteiger partial charge in [-0.05, 0) is 78.1 Å². The van der Waals surface area contributed by atoms with E-state index in [1.165, 1.54) is 43.3 Å². The summed E-state index contributed by atoms with van der Waals surface area (Å²) in [5.74, 6) is -3.66. The van der Waals surface area contributed by atoms with Crippen LogP contribution < -0.4 is 5.56 Å². The van der Waals surface area contributed by atoms with Gasteiger partial charge in [-0.15, -0.1) is 0 Å². The molecule has 0 bridgehead atoms. The molecule has 1 heterocycles. The summed E-state index contributed by atoms with van der Waals surface area (Å²) >= 11 is 5.87. The number of hydrogen-bond donors (Lipinski definition) is 0. The Kier molecular flexibility index (Phi) is 8.98. The molecule has 1 fully saturated rings. The number of rotatable bonds is 6. The molecule has 0 radical (unpaired) electrons. The lowest BCUT2D eigenvalue weighted by atomic mass is 9.69. The van der Waals surface area contributed by atoms with E-state index in [-0.39, 0.29) is 58.5 Å². The summed E-state index contributed by atoms with van der Waals surface area (Å²) in [5, 5.41) is -0.297. The first kappa shape index (κ1) is 33.4. The molecule has 1 aliphatic carbocycles. The van der Waals surface area contributed by atoms with Gasteiger partial charge in [0.15, 0.2) is 0 Å². The van der Waals surface area contributed by atoms with E-state index in [0.717, 1.165) is 7.11 Å². The van der Waals surface area contributed by atoms with Gasteiger partial charge in [0.25, 0.3) is 5.56 Å². The topological polar surface area (TPSA) is 61.2 Å². The zero-order valence-electron chi connectivity index (χ0n) is 24.6. The fraction of sp³-hybridized carbons (Fsp3) is 0.364. The molecule has 13 heteroatoms. The monoisotopic (exact) mass is 668 g/mol. The molecule has 1 aliphatic rings. The summed E-state index contributed by atoms with van der Waals surface area (Å²) in [6, 6.07) is 12.7. The number of esters is 1. The van der Waals surface area contributed by atoms with Crippen LogP contribution in [-0.4, -0.2) is 28.8 Å². The summed E-state index contributed by atoms with van der Waals surface area (Å²) in [6.07, 6.45) is -9.78. The highest BCUT2D eigenvalue weighted by Crippen LogP contribution is 2.51. The third kappa shape index (κ3) is 6.49. The fourth-order valence-electron chi connectivity index (χ4n) is 5.98. The van der Waals surface area contributed by atoms with Gasteiger partial charge in [-0.2, -0.15) is 26.3 Å². The second kappa shape index (κ2) is 12.4. The lowest BCUT2D eigenvalue weighted by Crippen LogP contribution is -2.38. The van der Waals surface area contributed by atoms with Crippen molar-refractivity contribution in [2.75, 3.05) is 7.11 Å².